The third-order valence-corrected chi connectivity index (χ3v) is 2.96. The summed E-state index contributed by atoms with van der Waals surface area (Å²) >= 11 is 0. The summed E-state index contributed by atoms with van der Waals surface area (Å²) in [5.74, 6) is 0.00902. The third kappa shape index (κ3) is 4.58. The molecule has 2 rings (SSSR count). The van der Waals surface area contributed by atoms with Crippen LogP contribution in [-0.2, 0) is 16.1 Å². The van der Waals surface area contributed by atoms with Gasteiger partial charge in [-0.25, -0.2) is 0 Å². The molecule has 0 aliphatic heterocycles. The van der Waals surface area contributed by atoms with Crippen LogP contribution < -0.4 is 4.74 Å². The number of ketones is 1. The Bertz CT molecular complexity index is 610. The number of carbonyl (C=O) groups is 1. The topological polar surface area (TPSA) is 65.0 Å². The maximum absolute atomic E-state index is 12.0. The van der Waals surface area contributed by atoms with E-state index in [1.807, 2.05) is 30.3 Å². The van der Waals surface area contributed by atoms with Gasteiger partial charge < -0.3 is 19.3 Å². The fraction of sp³-hybridized carbons (Fsp3) is 0.235. The van der Waals surface area contributed by atoms with Gasteiger partial charge in [-0.1, -0.05) is 30.3 Å². The normalized spacial score (nSPS) is 10.4. The van der Waals surface area contributed by atoms with Crippen molar-refractivity contribution in [3.63, 3.8) is 0 Å². The Labute approximate surface area is 129 Å². The Balaban J connectivity index is 1.89. The molecule has 0 aliphatic rings. The summed E-state index contributed by atoms with van der Waals surface area (Å²) in [4.78, 5) is 12.0. The largest absolute Gasteiger partial charge is 0.507 e. The van der Waals surface area contributed by atoms with Crippen LogP contribution >= 0.6 is 0 Å². The molecular formula is C17H18O5. The molecule has 0 aromatic heterocycles. The van der Waals surface area contributed by atoms with Gasteiger partial charge in [0, 0.05) is 13.2 Å². The van der Waals surface area contributed by atoms with E-state index in [9.17, 15) is 9.90 Å². The standard InChI is InChI=1S/C17H18O5/c1-20-12-22-14-7-8-15(16(18)9-14)17(19)11-21-10-13-5-3-2-4-6-13/h2-9,18H,10-12H2,1H3. The van der Waals surface area contributed by atoms with Crippen LogP contribution in [-0.4, -0.2) is 31.4 Å². The Morgan fingerprint density at radius 2 is 1.91 bits per heavy atom. The zero-order valence-electron chi connectivity index (χ0n) is 12.3. The molecule has 0 amide bonds. The Kier molecular flexibility index (Phi) is 5.94. The fourth-order valence-corrected chi connectivity index (χ4v) is 1.88. The quantitative estimate of drug-likeness (QED) is 0.600. The molecule has 5 nitrogen and oxygen atoms in total. The van der Waals surface area contributed by atoms with Crippen molar-refractivity contribution in [2.24, 2.45) is 0 Å². The lowest BCUT2D eigenvalue weighted by molar-refractivity contribution is 0.0509. The molecule has 0 fully saturated rings. The second kappa shape index (κ2) is 8.17. The minimum Gasteiger partial charge on any atom is -0.507 e. The van der Waals surface area contributed by atoms with Gasteiger partial charge in [0.15, 0.2) is 12.6 Å². The zero-order chi connectivity index (χ0) is 15.8. The number of Topliss-reactive ketones (excluding diaryl/α,β-unsaturated/α-hetero) is 1. The van der Waals surface area contributed by atoms with Crippen molar-refractivity contribution in [3.8, 4) is 11.5 Å². The van der Waals surface area contributed by atoms with E-state index in [2.05, 4.69) is 0 Å². The smallest absolute Gasteiger partial charge is 0.192 e. The Hall–Kier alpha value is -2.37. The van der Waals surface area contributed by atoms with E-state index in [0.717, 1.165) is 5.56 Å². The van der Waals surface area contributed by atoms with E-state index in [1.165, 1.54) is 19.2 Å². The maximum atomic E-state index is 12.0. The summed E-state index contributed by atoms with van der Waals surface area (Å²) in [5, 5.41) is 9.88. The molecule has 22 heavy (non-hydrogen) atoms. The molecule has 0 saturated heterocycles. The molecule has 5 heteroatoms. The third-order valence-electron chi connectivity index (χ3n) is 2.96. The Morgan fingerprint density at radius 3 is 2.59 bits per heavy atom. The molecular weight excluding hydrogens is 284 g/mol. The molecule has 2 aromatic carbocycles. The highest BCUT2D eigenvalue weighted by molar-refractivity contribution is 5.99. The highest BCUT2D eigenvalue weighted by Gasteiger charge is 2.12. The van der Waals surface area contributed by atoms with Gasteiger partial charge in [-0.05, 0) is 17.7 Å². The van der Waals surface area contributed by atoms with Gasteiger partial charge in [0.05, 0.1) is 12.2 Å². The summed E-state index contributed by atoms with van der Waals surface area (Å²) < 4.78 is 15.3. The molecule has 116 valence electrons. The van der Waals surface area contributed by atoms with Crippen molar-refractivity contribution < 1.29 is 24.1 Å². The van der Waals surface area contributed by atoms with Gasteiger partial charge in [-0.3, -0.25) is 4.79 Å². The summed E-state index contributed by atoms with van der Waals surface area (Å²) in [5.41, 5.74) is 1.20. The molecule has 0 aliphatic carbocycles. The number of rotatable bonds is 8. The van der Waals surface area contributed by atoms with Gasteiger partial charge in [-0.15, -0.1) is 0 Å². The van der Waals surface area contributed by atoms with Crippen molar-refractivity contribution in [1.29, 1.82) is 0 Å². The first-order valence-electron chi connectivity index (χ1n) is 6.80. The monoisotopic (exact) mass is 302 g/mol. The maximum Gasteiger partial charge on any atom is 0.192 e. The minimum absolute atomic E-state index is 0.0763. The summed E-state index contributed by atoms with van der Waals surface area (Å²) in [6.45, 7) is 0.329. The molecule has 0 saturated carbocycles. The number of carbonyl (C=O) groups excluding carboxylic acids is 1. The number of methoxy groups -OCH3 is 1. The number of hydrogen-bond donors (Lipinski definition) is 1. The number of aromatic hydroxyl groups is 1. The number of phenolic OH excluding ortho intramolecular Hbond substituents is 1. The van der Waals surface area contributed by atoms with Crippen LogP contribution in [0.1, 0.15) is 15.9 Å². The first-order chi connectivity index (χ1) is 10.7. The van der Waals surface area contributed by atoms with Crippen molar-refractivity contribution in [2.45, 2.75) is 6.61 Å². The fourth-order valence-electron chi connectivity index (χ4n) is 1.88. The van der Waals surface area contributed by atoms with Crippen LogP contribution in [0.3, 0.4) is 0 Å². The van der Waals surface area contributed by atoms with Crippen molar-refractivity contribution in [1.82, 2.24) is 0 Å². The molecule has 0 heterocycles. The number of hydrogen-bond acceptors (Lipinski definition) is 5. The lowest BCUT2D eigenvalue weighted by Crippen LogP contribution is -2.09. The van der Waals surface area contributed by atoms with Gasteiger partial charge in [0.25, 0.3) is 0 Å². The van der Waals surface area contributed by atoms with Gasteiger partial charge in [0.2, 0.25) is 0 Å². The van der Waals surface area contributed by atoms with Gasteiger partial charge >= 0.3 is 0 Å². The number of phenols is 1. The van der Waals surface area contributed by atoms with E-state index < -0.39 is 0 Å². The molecule has 0 radical (unpaired) electrons. The predicted molar refractivity (Wildman–Crippen MR) is 81.0 cm³/mol. The highest BCUT2D eigenvalue weighted by Crippen LogP contribution is 2.24. The Morgan fingerprint density at radius 1 is 1.14 bits per heavy atom. The number of benzene rings is 2. The van der Waals surface area contributed by atoms with E-state index >= 15 is 0 Å². The van der Waals surface area contributed by atoms with Gasteiger partial charge in [-0.2, -0.15) is 0 Å². The van der Waals surface area contributed by atoms with Gasteiger partial charge in [0.1, 0.15) is 18.1 Å². The molecule has 0 unspecified atom stereocenters. The second-order valence-electron chi connectivity index (χ2n) is 4.63. The van der Waals surface area contributed by atoms with Crippen LogP contribution in [0.2, 0.25) is 0 Å². The van der Waals surface area contributed by atoms with Crippen molar-refractivity contribution >= 4 is 5.78 Å². The lowest BCUT2D eigenvalue weighted by Gasteiger charge is -2.08. The van der Waals surface area contributed by atoms with Crippen LogP contribution in [0.15, 0.2) is 48.5 Å². The highest BCUT2D eigenvalue weighted by atomic mass is 16.7. The summed E-state index contributed by atoms with van der Waals surface area (Å²) in [6, 6.07) is 14.1. The molecule has 2 aromatic rings. The average molecular weight is 302 g/mol. The van der Waals surface area contributed by atoms with Crippen LogP contribution in [0, 0.1) is 0 Å². The van der Waals surface area contributed by atoms with E-state index in [4.69, 9.17) is 14.2 Å². The van der Waals surface area contributed by atoms with Crippen LogP contribution in [0.4, 0.5) is 0 Å². The zero-order valence-corrected chi connectivity index (χ0v) is 12.3. The lowest BCUT2D eigenvalue weighted by atomic mass is 10.1. The van der Waals surface area contributed by atoms with Crippen molar-refractivity contribution in [3.05, 3.63) is 59.7 Å². The minimum atomic E-state index is -0.285. The molecule has 0 spiro atoms. The predicted octanol–water partition coefficient (Wildman–Crippen LogP) is 2.77. The van der Waals surface area contributed by atoms with Crippen LogP contribution in [0.25, 0.3) is 0 Å². The van der Waals surface area contributed by atoms with Crippen molar-refractivity contribution in [2.75, 3.05) is 20.5 Å². The molecule has 0 bridgehead atoms. The van der Waals surface area contributed by atoms with Crippen LogP contribution in [0.5, 0.6) is 11.5 Å². The first kappa shape index (κ1) is 16.0. The molecule has 1 N–H and O–H groups in total. The molecule has 0 atom stereocenters. The van der Waals surface area contributed by atoms with E-state index in [-0.39, 0.29) is 30.5 Å². The second-order valence-corrected chi connectivity index (χ2v) is 4.63. The number of ether oxygens (including phenoxy) is 3. The summed E-state index contributed by atoms with van der Waals surface area (Å²) in [6.07, 6.45) is 0. The van der Waals surface area contributed by atoms with E-state index in [0.29, 0.717) is 12.4 Å². The summed E-state index contributed by atoms with van der Waals surface area (Å²) in [7, 11) is 1.50. The van der Waals surface area contributed by atoms with E-state index in [1.54, 1.807) is 6.07 Å². The SMILES string of the molecule is COCOc1ccc(C(=O)COCc2ccccc2)c(O)c1. The average Bonchev–Trinajstić information content (AvgIpc) is 2.54. The first-order valence-corrected chi connectivity index (χ1v) is 6.80.